The Kier molecular flexibility index (Phi) is 6.43. The molecule has 2 aliphatic heterocycles. The largest absolute Gasteiger partial charge is 0.449 e. The van der Waals surface area contributed by atoms with Gasteiger partial charge in [-0.3, -0.25) is 24.6 Å². The molecule has 2 heterocycles. The summed E-state index contributed by atoms with van der Waals surface area (Å²) in [4.78, 5) is 37.7. The Morgan fingerprint density at radius 1 is 0.949 bits per heavy atom. The molecular weight excluding hydrogens is 517 g/mol. The Morgan fingerprint density at radius 2 is 1.59 bits per heavy atom. The number of rotatable bonds is 7. The van der Waals surface area contributed by atoms with Crippen molar-refractivity contribution < 1.29 is 37.2 Å². The highest BCUT2D eigenvalue weighted by atomic mass is 19.4. The maximum Gasteiger partial charge on any atom is 0.416 e. The summed E-state index contributed by atoms with van der Waals surface area (Å²) in [5.41, 5.74) is -0.364. The third-order valence-corrected chi connectivity index (χ3v) is 6.26. The van der Waals surface area contributed by atoms with Gasteiger partial charge >= 0.3 is 12.0 Å². The van der Waals surface area contributed by atoms with Gasteiger partial charge < -0.3 is 9.47 Å². The van der Waals surface area contributed by atoms with E-state index in [4.69, 9.17) is 9.47 Å². The summed E-state index contributed by atoms with van der Waals surface area (Å²) in [5.74, 6) is -3.41. The number of imide groups is 1. The van der Waals surface area contributed by atoms with E-state index in [-0.39, 0.29) is 28.0 Å². The Bertz CT molecular complexity index is 1500. The molecule has 8 nitrogen and oxygen atoms in total. The topological polar surface area (TPSA) is 99.0 Å². The first-order valence-corrected chi connectivity index (χ1v) is 11.7. The van der Waals surface area contributed by atoms with Crippen LogP contribution < -0.4 is 0 Å². The number of hydrogen-bond acceptors (Lipinski definition) is 6. The van der Waals surface area contributed by atoms with E-state index in [9.17, 15) is 32.9 Å². The minimum Gasteiger partial charge on any atom is -0.449 e. The molecule has 1 unspecified atom stereocenters. The highest BCUT2D eigenvalue weighted by Gasteiger charge is 2.49. The lowest BCUT2D eigenvalue weighted by Gasteiger charge is -2.31. The van der Waals surface area contributed by atoms with Gasteiger partial charge in [-0.25, -0.2) is 0 Å². The molecule has 0 N–H and O–H groups in total. The van der Waals surface area contributed by atoms with Crippen LogP contribution >= 0.6 is 0 Å². The number of nitro groups is 1. The van der Waals surface area contributed by atoms with Crippen molar-refractivity contribution in [3.05, 3.63) is 134 Å². The van der Waals surface area contributed by atoms with E-state index in [1.165, 1.54) is 24.3 Å². The van der Waals surface area contributed by atoms with E-state index < -0.39 is 47.4 Å². The summed E-state index contributed by atoms with van der Waals surface area (Å²) in [6.07, 6.45) is -2.25. The lowest BCUT2D eigenvalue weighted by atomic mass is 9.93. The van der Waals surface area contributed by atoms with Gasteiger partial charge in [-0.2, -0.15) is 13.2 Å². The van der Waals surface area contributed by atoms with E-state index in [2.05, 4.69) is 0 Å². The summed E-state index contributed by atoms with van der Waals surface area (Å²) in [7, 11) is 0. The van der Waals surface area contributed by atoms with Crippen molar-refractivity contribution in [2.75, 3.05) is 13.1 Å². The van der Waals surface area contributed by atoms with Crippen LogP contribution in [0.5, 0.6) is 0 Å². The van der Waals surface area contributed by atoms with E-state index in [1.54, 1.807) is 42.5 Å². The van der Waals surface area contributed by atoms with Crippen LogP contribution in [-0.2, 0) is 21.4 Å². The van der Waals surface area contributed by atoms with Crippen molar-refractivity contribution in [1.29, 1.82) is 0 Å². The molecule has 198 valence electrons. The van der Waals surface area contributed by atoms with Gasteiger partial charge in [-0.05, 0) is 35.9 Å². The second-order valence-electron chi connectivity index (χ2n) is 8.81. The highest BCUT2D eigenvalue weighted by Crippen LogP contribution is 2.44. The molecule has 3 aromatic rings. The molecule has 3 aromatic carbocycles. The van der Waals surface area contributed by atoms with Crippen molar-refractivity contribution >= 4 is 17.9 Å². The van der Waals surface area contributed by atoms with Gasteiger partial charge in [0.05, 0.1) is 28.8 Å². The molecule has 0 spiro atoms. The van der Waals surface area contributed by atoms with Crippen molar-refractivity contribution in [2.24, 2.45) is 0 Å². The fourth-order valence-corrected chi connectivity index (χ4v) is 4.48. The third kappa shape index (κ3) is 4.86. The first-order valence-electron chi connectivity index (χ1n) is 11.7. The Morgan fingerprint density at radius 3 is 2.21 bits per heavy atom. The Labute approximate surface area is 219 Å². The monoisotopic (exact) mass is 536 g/mol. The average molecular weight is 536 g/mol. The number of carbonyl (C=O) groups excluding carboxylic acids is 2. The molecule has 0 bridgehead atoms. The fraction of sp³-hybridized carbons (Fsp3) is 0.143. The summed E-state index contributed by atoms with van der Waals surface area (Å²) in [6.45, 7) is -1.23. The van der Waals surface area contributed by atoms with Crippen LogP contribution in [-0.4, -0.2) is 34.7 Å². The van der Waals surface area contributed by atoms with E-state index in [1.807, 2.05) is 0 Å². The minimum atomic E-state index is -4.71. The number of amides is 2. The molecule has 11 heteroatoms. The number of halogens is 3. The normalized spacial score (nSPS) is 18.9. The van der Waals surface area contributed by atoms with Crippen molar-refractivity contribution in [2.45, 2.75) is 12.0 Å². The lowest BCUT2D eigenvalue weighted by molar-refractivity contribution is -0.474. The molecule has 2 amide bonds. The van der Waals surface area contributed by atoms with Gasteiger partial charge in [0.1, 0.15) is 6.26 Å². The zero-order valence-electron chi connectivity index (χ0n) is 20.1. The molecule has 1 atom stereocenters. The van der Waals surface area contributed by atoms with Gasteiger partial charge in [0, 0.05) is 10.5 Å². The second kappa shape index (κ2) is 9.75. The van der Waals surface area contributed by atoms with E-state index in [0.29, 0.717) is 5.56 Å². The van der Waals surface area contributed by atoms with Crippen molar-refractivity contribution in [3.63, 3.8) is 0 Å². The third-order valence-electron chi connectivity index (χ3n) is 6.26. The van der Waals surface area contributed by atoms with Crippen molar-refractivity contribution in [3.8, 4) is 0 Å². The highest BCUT2D eigenvalue weighted by molar-refractivity contribution is 6.21. The number of fused-ring (bicyclic) bond motifs is 1. The first-order chi connectivity index (χ1) is 18.6. The van der Waals surface area contributed by atoms with Crippen LogP contribution in [0.15, 0.2) is 96.5 Å². The molecule has 0 aliphatic carbocycles. The van der Waals surface area contributed by atoms with Crippen LogP contribution in [0.1, 0.15) is 37.4 Å². The molecule has 0 fully saturated rings. The zero-order chi connectivity index (χ0) is 27.8. The summed E-state index contributed by atoms with van der Waals surface area (Å²) in [5, 5.41) is 11.7. The standard InChI is InChI=1S/C28H19F3N2O6/c29-28(30,31)20-10-6-9-19(14-20)27(21(15-33(36)37)13-18-7-2-1-3-8-18)38-17-22(39-27)16-32-25(34)23-11-4-5-12-24(23)26(32)35/h1-14,17H,15-16H2/b21-13+. The van der Waals surface area contributed by atoms with E-state index >= 15 is 0 Å². The lowest BCUT2D eigenvalue weighted by Crippen LogP contribution is -2.36. The molecule has 39 heavy (non-hydrogen) atoms. The van der Waals surface area contributed by atoms with Gasteiger partial charge in [0.15, 0.2) is 5.76 Å². The number of carbonyl (C=O) groups is 2. The predicted molar refractivity (Wildman–Crippen MR) is 131 cm³/mol. The zero-order valence-corrected chi connectivity index (χ0v) is 20.1. The predicted octanol–water partition coefficient (Wildman–Crippen LogP) is 5.40. The molecule has 2 aliphatic rings. The smallest absolute Gasteiger partial charge is 0.416 e. The first kappa shape index (κ1) is 25.7. The van der Waals surface area contributed by atoms with Gasteiger partial charge in [0.25, 0.3) is 11.8 Å². The van der Waals surface area contributed by atoms with Crippen LogP contribution in [0, 0.1) is 10.1 Å². The summed E-state index contributed by atoms with van der Waals surface area (Å²) in [6, 6.07) is 18.7. The van der Waals surface area contributed by atoms with Crippen LogP contribution in [0.2, 0.25) is 0 Å². The number of alkyl halides is 3. The van der Waals surface area contributed by atoms with Gasteiger partial charge in [0.2, 0.25) is 6.54 Å². The second-order valence-corrected chi connectivity index (χ2v) is 8.81. The maximum absolute atomic E-state index is 13.6. The number of benzene rings is 3. The summed E-state index contributed by atoms with van der Waals surface area (Å²) >= 11 is 0. The van der Waals surface area contributed by atoms with E-state index in [0.717, 1.165) is 29.4 Å². The van der Waals surface area contributed by atoms with Crippen LogP contribution in [0.3, 0.4) is 0 Å². The maximum atomic E-state index is 13.6. The molecular formula is C28H19F3N2O6. The van der Waals surface area contributed by atoms with Crippen molar-refractivity contribution in [1.82, 2.24) is 4.90 Å². The van der Waals surface area contributed by atoms with Gasteiger partial charge in [-0.15, -0.1) is 0 Å². The SMILES string of the molecule is O=C1c2ccccc2C(=O)N1CC1=COC(/C(=C/c2ccccc2)C[N+](=O)[O-])(c2cccc(C(F)(F)F)c2)O1. The Balaban J connectivity index is 1.56. The molecule has 0 aromatic heterocycles. The molecule has 0 saturated carbocycles. The number of nitrogens with zero attached hydrogens (tertiary/aromatic N) is 2. The quantitative estimate of drug-likeness (QED) is 0.228. The summed E-state index contributed by atoms with van der Waals surface area (Å²) < 4.78 is 52.7. The average Bonchev–Trinajstić information content (AvgIpc) is 3.45. The molecule has 0 radical (unpaired) electrons. The van der Waals surface area contributed by atoms with Gasteiger partial charge in [-0.1, -0.05) is 54.6 Å². The molecule has 5 rings (SSSR count). The Hall–Kier alpha value is -4.93. The minimum absolute atomic E-state index is 0.0794. The molecule has 0 saturated heterocycles. The number of ether oxygens (including phenoxy) is 2. The van der Waals surface area contributed by atoms with Crippen LogP contribution in [0.4, 0.5) is 13.2 Å². The van der Waals surface area contributed by atoms with Crippen LogP contribution in [0.25, 0.3) is 6.08 Å². The number of hydrogen-bond donors (Lipinski definition) is 0. The fourth-order valence-electron chi connectivity index (χ4n) is 4.48.